The summed E-state index contributed by atoms with van der Waals surface area (Å²) in [6, 6.07) is 11.8. The number of likely N-dealkylation sites (N-methyl/N-ethyl adjacent to an activating group) is 1. The quantitative estimate of drug-likeness (QED) is 0.708. The summed E-state index contributed by atoms with van der Waals surface area (Å²) >= 11 is 0. The van der Waals surface area contributed by atoms with E-state index in [9.17, 15) is 4.79 Å². The Morgan fingerprint density at radius 1 is 1.04 bits per heavy atom. The molecule has 0 radical (unpaired) electrons. The van der Waals surface area contributed by atoms with Gasteiger partial charge < -0.3 is 10.2 Å². The first-order valence-corrected chi connectivity index (χ1v) is 9.26. The molecule has 0 aliphatic rings. The molecule has 3 aromatic rings. The molecule has 3 rings (SSSR count). The summed E-state index contributed by atoms with van der Waals surface area (Å²) < 4.78 is 0. The molecule has 6 nitrogen and oxygen atoms in total. The van der Waals surface area contributed by atoms with E-state index >= 15 is 0 Å². The van der Waals surface area contributed by atoms with Crippen molar-refractivity contribution in [2.45, 2.75) is 27.2 Å². The predicted octanol–water partition coefficient (Wildman–Crippen LogP) is 3.86. The monoisotopic (exact) mass is 375 g/mol. The second kappa shape index (κ2) is 8.61. The molecule has 28 heavy (non-hydrogen) atoms. The first-order chi connectivity index (χ1) is 13.4. The lowest BCUT2D eigenvalue weighted by molar-refractivity contribution is 0.0790. The van der Waals surface area contributed by atoms with E-state index in [0.29, 0.717) is 23.9 Å². The van der Waals surface area contributed by atoms with Crippen molar-refractivity contribution in [2.75, 3.05) is 18.9 Å². The van der Waals surface area contributed by atoms with Crippen LogP contribution >= 0.6 is 0 Å². The molecule has 0 bridgehead atoms. The molecule has 0 aliphatic heterocycles. The van der Waals surface area contributed by atoms with Crippen molar-refractivity contribution >= 4 is 17.4 Å². The van der Waals surface area contributed by atoms with Gasteiger partial charge in [0, 0.05) is 37.7 Å². The van der Waals surface area contributed by atoms with Gasteiger partial charge in [0.15, 0.2) is 0 Å². The van der Waals surface area contributed by atoms with Gasteiger partial charge in [-0.2, -0.15) is 0 Å². The fraction of sp³-hybridized carbons (Fsp3) is 0.273. The average molecular weight is 375 g/mol. The zero-order valence-electron chi connectivity index (χ0n) is 16.7. The van der Waals surface area contributed by atoms with E-state index in [1.165, 1.54) is 0 Å². The van der Waals surface area contributed by atoms with E-state index in [1.54, 1.807) is 37.3 Å². The summed E-state index contributed by atoms with van der Waals surface area (Å²) in [5, 5.41) is 3.32. The Labute approximate surface area is 165 Å². The zero-order chi connectivity index (χ0) is 20.1. The maximum absolute atomic E-state index is 12.8. The molecule has 1 aromatic carbocycles. The lowest BCUT2D eigenvalue weighted by atomic mass is 10.1. The van der Waals surface area contributed by atoms with Gasteiger partial charge in [0.1, 0.15) is 17.3 Å². The normalized spacial score (nSPS) is 10.6. The van der Waals surface area contributed by atoms with Crippen LogP contribution in [0.1, 0.15) is 33.0 Å². The van der Waals surface area contributed by atoms with Crippen LogP contribution in [0.15, 0.2) is 48.8 Å². The standard InChI is InChI=1S/C22H25N5O/c1-15-5-6-16(2)19(13-15)26-21-14-20(24-17(3)25-21)22(28)27(4)12-9-18-7-10-23-11-8-18/h5-8,10-11,13-14H,9,12H2,1-4H3,(H,24,25,26). The highest BCUT2D eigenvalue weighted by Crippen LogP contribution is 2.21. The third-order valence-corrected chi connectivity index (χ3v) is 4.54. The van der Waals surface area contributed by atoms with Crippen molar-refractivity contribution in [1.82, 2.24) is 19.9 Å². The van der Waals surface area contributed by atoms with Crippen LogP contribution in [0.3, 0.4) is 0 Å². The van der Waals surface area contributed by atoms with Crippen LogP contribution in [0.2, 0.25) is 0 Å². The summed E-state index contributed by atoms with van der Waals surface area (Å²) in [4.78, 5) is 27.3. The smallest absolute Gasteiger partial charge is 0.272 e. The van der Waals surface area contributed by atoms with Gasteiger partial charge in [0.2, 0.25) is 0 Å². The molecule has 0 saturated heterocycles. The number of anilines is 2. The number of carbonyl (C=O) groups is 1. The number of hydrogen-bond acceptors (Lipinski definition) is 5. The van der Waals surface area contributed by atoms with Gasteiger partial charge >= 0.3 is 0 Å². The number of aryl methyl sites for hydroxylation is 3. The van der Waals surface area contributed by atoms with Gasteiger partial charge in [0.05, 0.1) is 0 Å². The van der Waals surface area contributed by atoms with E-state index in [-0.39, 0.29) is 5.91 Å². The second-order valence-corrected chi connectivity index (χ2v) is 6.96. The number of rotatable bonds is 6. The lowest BCUT2D eigenvalue weighted by Crippen LogP contribution is -2.30. The summed E-state index contributed by atoms with van der Waals surface area (Å²) in [7, 11) is 1.79. The van der Waals surface area contributed by atoms with Crippen LogP contribution in [0.5, 0.6) is 0 Å². The van der Waals surface area contributed by atoms with Crippen LogP contribution in [0.25, 0.3) is 0 Å². The Morgan fingerprint density at radius 2 is 1.79 bits per heavy atom. The first-order valence-electron chi connectivity index (χ1n) is 9.26. The van der Waals surface area contributed by atoms with Crippen LogP contribution in [-0.2, 0) is 6.42 Å². The number of carbonyl (C=O) groups excluding carboxylic acids is 1. The van der Waals surface area contributed by atoms with Gasteiger partial charge in [-0.1, -0.05) is 12.1 Å². The molecule has 0 unspecified atom stereocenters. The Kier molecular flexibility index (Phi) is 5.99. The topological polar surface area (TPSA) is 71.0 Å². The maximum atomic E-state index is 12.8. The number of nitrogens with zero attached hydrogens (tertiary/aromatic N) is 4. The van der Waals surface area contributed by atoms with Crippen molar-refractivity contribution in [3.63, 3.8) is 0 Å². The van der Waals surface area contributed by atoms with E-state index in [4.69, 9.17) is 0 Å². The van der Waals surface area contributed by atoms with Gasteiger partial charge in [-0.05, 0) is 62.1 Å². The minimum atomic E-state index is -0.122. The Hall–Kier alpha value is -3.28. The third-order valence-electron chi connectivity index (χ3n) is 4.54. The molecule has 0 atom stereocenters. The minimum Gasteiger partial charge on any atom is -0.340 e. The maximum Gasteiger partial charge on any atom is 0.272 e. The molecule has 0 saturated carbocycles. The highest BCUT2D eigenvalue weighted by Gasteiger charge is 2.15. The number of amides is 1. The van der Waals surface area contributed by atoms with Crippen LogP contribution in [-0.4, -0.2) is 39.4 Å². The SMILES string of the molecule is Cc1ccc(C)c(Nc2cc(C(=O)N(C)CCc3ccncc3)nc(C)n2)c1. The molecule has 2 aromatic heterocycles. The number of hydrogen-bond donors (Lipinski definition) is 1. The van der Waals surface area contributed by atoms with E-state index < -0.39 is 0 Å². The summed E-state index contributed by atoms with van der Waals surface area (Å²) in [5.41, 5.74) is 4.78. The van der Waals surface area contributed by atoms with E-state index in [0.717, 1.165) is 28.8 Å². The van der Waals surface area contributed by atoms with Gasteiger partial charge in [-0.25, -0.2) is 9.97 Å². The largest absolute Gasteiger partial charge is 0.340 e. The third kappa shape index (κ3) is 4.91. The first kappa shape index (κ1) is 19.5. The van der Waals surface area contributed by atoms with Crippen molar-refractivity contribution in [2.24, 2.45) is 0 Å². The minimum absolute atomic E-state index is 0.122. The number of aromatic nitrogens is 3. The van der Waals surface area contributed by atoms with Gasteiger partial charge in [-0.3, -0.25) is 9.78 Å². The molecule has 2 heterocycles. The Bertz CT molecular complexity index is 972. The van der Waals surface area contributed by atoms with Crippen LogP contribution < -0.4 is 5.32 Å². The van der Waals surface area contributed by atoms with E-state index in [2.05, 4.69) is 38.5 Å². The molecule has 0 spiro atoms. The van der Waals surface area contributed by atoms with Gasteiger partial charge in [-0.15, -0.1) is 0 Å². The Balaban J connectivity index is 1.74. The van der Waals surface area contributed by atoms with Crippen LogP contribution in [0, 0.1) is 20.8 Å². The highest BCUT2D eigenvalue weighted by molar-refractivity contribution is 5.93. The molecule has 1 N–H and O–H groups in total. The van der Waals surface area contributed by atoms with Crippen molar-refractivity contribution in [3.05, 3.63) is 77.0 Å². The van der Waals surface area contributed by atoms with Gasteiger partial charge in [0.25, 0.3) is 5.91 Å². The van der Waals surface area contributed by atoms with Crippen molar-refractivity contribution < 1.29 is 4.79 Å². The average Bonchev–Trinajstić information content (AvgIpc) is 2.68. The fourth-order valence-electron chi connectivity index (χ4n) is 2.89. The molecule has 0 aliphatic carbocycles. The highest BCUT2D eigenvalue weighted by atomic mass is 16.2. The number of pyridine rings is 1. The van der Waals surface area contributed by atoms with E-state index in [1.807, 2.05) is 26.0 Å². The van der Waals surface area contributed by atoms with Crippen molar-refractivity contribution in [3.8, 4) is 0 Å². The molecular formula is C22H25N5O. The second-order valence-electron chi connectivity index (χ2n) is 6.96. The number of nitrogens with one attached hydrogen (secondary N) is 1. The predicted molar refractivity (Wildman–Crippen MR) is 111 cm³/mol. The van der Waals surface area contributed by atoms with Crippen LogP contribution in [0.4, 0.5) is 11.5 Å². The molecular weight excluding hydrogens is 350 g/mol. The number of benzene rings is 1. The lowest BCUT2D eigenvalue weighted by Gasteiger charge is -2.17. The summed E-state index contributed by atoms with van der Waals surface area (Å²) in [5.74, 6) is 1.05. The zero-order valence-corrected chi connectivity index (χ0v) is 16.7. The fourth-order valence-corrected chi connectivity index (χ4v) is 2.89. The van der Waals surface area contributed by atoms with Crippen molar-refractivity contribution in [1.29, 1.82) is 0 Å². The molecule has 1 amide bonds. The Morgan fingerprint density at radius 3 is 2.54 bits per heavy atom. The molecule has 6 heteroatoms. The summed E-state index contributed by atoms with van der Waals surface area (Å²) in [6.07, 6.45) is 4.29. The molecule has 0 fully saturated rings. The molecule has 144 valence electrons. The summed E-state index contributed by atoms with van der Waals surface area (Å²) in [6.45, 7) is 6.48.